The number of rotatable bonds is 28. The number of allylic oxidation sites excluding steroid dienone is 1. The first-order chi connectivity index (χ1) is 36.5. The SMILES string of the molecule is C=CCCCCCCO[C@@H]1OC2COC(c3ccccc3)O[C@H]2C(O[C@@H]2OC3COC(c4ccccc4)O[C@@H]3C(OC(=O)C(C)(C)C)[C@@H]2O[C@@H]2OC(C)[C@@H](OCCCC)C(OCCCC)[C@@H]2OCCCC)[C@@H]1N=[N+]=[N-]. The Hall–Kier alpha value is -3.56. The summed E-state index contributed by atoms with van der Waals surface area (Å²) in [6, 6.07) is 18.0. The first-order valence-corrected chi connectivity index (χ1v) is 27.7. The maximum absolute atomic E-state index is 14.4. The van der Waals surface area contributed by atoms with Gasteiger partial charge in [-0.1, -0.05) is 125 Å². The minimum atomic E-state index is -1.38. The van der Waals surface area contributed by atoms with Gasteiger partial charge >= 0.3 is 5.97 Å². The average molecular weight is 1050 g/mol. The summed E-state index contributed by atoms with van der Waals surface area (Å²) in [4.78, 5) is 17.7. The van der Waals surface area contributed by atoms with Crippen LogP contribution in [0.3, 0.4) is 0 Å². The predicted molar refractivity (Wildman–Crippen MR) is 277 cm³/mol. The lowest BCUT2D eigenvalue weighted by Crippen LogP contribution is -2.69. The molecule has 75 heavy (non-hydrogen) atoms. The fourth-order valence-corrected chi connectivity index (χ4v) is 9.85. The van der Waals surface area contributed by atoms with Crippen molar-refractivity contribution in [3.05, 3.63) is 94.9 Å². The van der Waals surface area contributed by atoms with Gasteiger partial charge < -0.3 is 66.3 Å². The number of fused-ring (bicyclic) bond motifs is 2. The molecule has 5 fully saturated rings. The van der Waals surface area contributed by atoms with E-state index in [9.17, 15) is 10.3 Å². The van der Waals surface area contributed by atoms with Gasteiger partial charge in [-0.25, -0.2) is 0 Å². The Balaban J connectivity index is 1.31. The smallest absolute Gasteiger partial charge is 0.311 e. The summed E-state index contributed by atoms with van der Waals surface area (Å²) in [5.41, 5.74) is 10.9. The van der Waals surface area contributed by atoms with Crippen LogP contribution in [0.5, 0.6) is 0 Å². The van der Waals surface area contributed by atoms with Crippen LogP contribution >= 0.6 is 0 Å². The van der Waals surface area contributed by atoms with E-state index in [2.05, 4.69) is 37.4 Å². The van der Waals surface area contributed by atoms with E-state index in [1.807, 2.05) is 73.7 Å². The minimum absolute atomic E-state index is 0.0305. The van der Waals surface area contributed by atoms with Gasteiger partial charge in [0.1, 0.15) is 54.9 Å². The van der Waals surface area contributed by atoms with Crippen molar-refractivity contribution >= 4 is 5.97 Å². The van der Waals surface area contributed by atoms with E-state index in [1.54, 1.807) is 20.8 Å². The van der Waals surface area contributed by atoms with Gasteiger partial charge in [-0.15, -0.1) is 6.58 Å². The number of unbranched alkanes of at least 4 members (excludes halogenated alkanes) is 7. The Morgan fingerprint density at radius 3 is 1.69 bits per heavy atom. The summed E-state index contributed by atoms with van der Waals surface area (Å²) in [6.07, 6.45) is -2.95. The second-order valence-corrected chi connectivity index (χ2v) is 21.1. The lowest BCUT2D eigenvalue weighted by molar-refractivity contribution is -0.413. The molecule has 7 rings (SSSR count). The summed E-state index contributed by atoms with van der Waals surface area (Å²) in [6.45, 7) is 19.3. The highest BCUT2D eigenvalue weighted by Crippen LogP contribution is 2.43. The zero-order valence-electron chi connectivity index (χ0n) is 45.4. The third-order valence-corrected chi connectivity index (χ3v) is 14.1. The van der Waals surface area contributed by atoms with E-state index >= 15 is 0 Å². The molecule has 0 radical (unpaired) electrons. The third kappa shape index (κ3) is 16.0. The molecular formula is C57H85N3O15. The summed E-state index contributed by atoms with van der Waals surface area (Å²) in [5, 5.41) is 4.32. The first kappa shape index (κ1) is 59.1. The number of hydrogen-bond donors (Lipinski definition) is 0. The molecule has 5 aliphatic rings. The predicted octanol–water partition coefficient (Wildman–Crippen LogP) is 10.5. The molecule has 2 aromatic rings. The normalized spacial score (nSPS) is 33.9. The molecule has 5 saturated heterocycles. The van der Waals surface area contributed by atoms with Crippen LogP contribution in [0.1, 0.15) is 143 Å². The lowest BCUT2D eigenvalue weighted by atomic mass is 9.93. The molecule has 418 valence electrons. The van der Waals surface area contributed by atoms with Crippen molar-refractivity contribution in [2.24, 2.45) is 10.5 Å². The molecule has 18 nitrogen and oxygen atoms in total. The Morgan fingerprint density at radius 2 is 1.13 bits per heavy atom. The maximum atomic E-state index is 14.4. The zero-order chi connectivity index (χ0) is 53.2. The van der Waals surface area contributed by atoms with Crippen LogP contribution in [0.25, 0.3) is 10.4 Å². The molecule has 0 aromatic heterocycles. The molecule has 17 atom stereocenters. The van der Waals surface area contributed by atoms with Crippen molar-refractivity contribution in [1.29, 1.82) is 0 Å². The molecular weight excluding hydrogens is 967 g/mol. The third-order valence-electron chi connectivity index (χ3n) is 14.1. The summed E-state index contributed by atoms with van der Waals surface area (Å²) in [5.74, 6) is -0.514. The number of esters is 1. The molecule has 5 heterocycles. The molecule has 0 saturated carbocycles. The molecule has 2 aromatic carbocycles. The number of carbonyl (C=O) groups is 1. The van der Waals surface area contributed by atoms with E-state index in [0.29, 0.717) is 26.4 Å². The van der Waals surface area contributed by atoms with Gasteiger partial charge in [0, 0.05) is 42.5 Å². The summed E-state index contributed by atoms with van der Waals surface area (Å²) >= 11 is 0. The van der Waals surface area contributed by atoms with Crippen LogP contribution in [-0.4, -0.2) is 138 Å². The number of carbonyl (C=O) groups excluding carboxylic acids is 1. The lowest BCUT2D eigenvalue weighted by Gasteiger charge is -2.53. The van der Waals surface area contributed by atoms with Crippen molar-refractivity contribution in [3.63, 3.8) is 0 Å². The standard InChI is InChI=1S/C57H85N3O15/c1-9-13-17-18-19-26-34-65-53-42(59-60-58)46(44-40(69-53)35-66-51(71-44)38-27-22-20-23-28-38)73-55-50(48(75-56(61)57(6,7)8)45-41(70-55)36-67-52(72-45)39-29-24-21-25-30-39)74-54-49(64-33-16-12-4)47(63-32-15-11-3)43(37(5)68-54)62-31-14-10-2/h9,20-25,27-30,37,40-55H,1,10-19,26,31-36H2,2-8H3/t37?,40?,41?,42-,43+,44+,45-,46?,47?,48?,49-,50-,51?,52?,53+,54-,55-/m0/s1. The Morgan fingerprint density at radius 1 is 0.627 bits per heavy atom. The minimum Gasteiger partial charge on any atom is -0.456 e. The number of azide groups is 1. The van der Waals surface area contributed by atoms with Crippen LogP contribution < -0.4 is 0 Å². The topological polar surface area (TPSA) is 195 Å². The van der Waals surface area contributed by atoms with Crippen molar-refractivity contribution in [2.45, 2.75) is 224 Å². The zero-order valence-corrected chi connectivity index (χ0v) is 45.4. The molecule has 18 heteroatoms. The van der Waals surface area contributed by atoms with Gasteiger partial charge in [-0.2, -0.15) is 0 Å². The van der Waals surface area contributed by atoms with E-state index < -0.39 is 116 Å². The van der Waals surface area contributed by atoms with E-state index in [4.69, 9.17) is 66.3 Å². The second kappa shape index (κ2) is 30.0. The maximum Gasteiger partial charge on any atom is 0.311 e. The largest absolute Gasteiger partial charge is 0.456 e. The Labute approximate surface area is 444 Å². The highest BCUT2D eigenvalue weighted by atomic mass is 16.8. The number of hydrogen-bond acceptors (Lipinski definition) is 16. The van der Waals surface area contributed by atoms with Gasteiger partial charge in [-0.05, 0) is 71.8 Å². The Kier molecular flexibility index (Phi) is 23.6. The monoisotopic (exact) mass is 1050 g/mol. The summed E-state index contributed by atoms with van der Waals surface area (Å²) in [7, 11) is 0. The van der Waals surface area contributed by atoms with Crippen molar-refractivity contribution < 1.29 is 71.1 Å². The number of benzene rings is 2. The highest BCUT2D eigenvalue weighted by Gasteiger charge is 2.59. The van der Waals surface area contributed by atoms with Gasteiger partial charge in [-0.3, -0.25) is 4.79 Å². The van der Waals surface area contributed by atoms with E-state index in [1.165, 1.54) is 0 Å². The van der Waals surface area contributed by atoms with Gasteiger partial charge in [0.25, 0.3) is 0 Å². The van der Waals surface area contributed by atoms with E-state index in [-0.39, 0.29) is 13.2 Å². The molecule has 0 aliphatic carbocycles. The summed E-state index contributed by atoms with van der Waals surface area (Å²) < 4.78 is 94.7. The van der Waals surface area contributed by atoms with Crippen LogP contribution in [0.15, 0.2) is 78.4 Å². The average Bonchev–Trinajstić information content (AvgIpc) is 3.42. The fourth-order valence-electron chi connectivity index (χ4n) is 9.85. The number of ether oxygens (including phenoxy) is 14. The highest BCUT2D eigenvalue weighted by molar-refractivity contribution is 5.75. The first-order valence-electron chi connectivity index (χ1n) is 27.7. The molecule has 0 N–H and O–H groups in total. The quantitative estimate of drug-likeness (QED) is 0.0195. The van der Waals surface area contributed by atoms with Gasteiger partial charge in [0.05, 0.1) is 24.7 Å². The van der Waals surface area contributed by atoms with Gasteiger partial charge in [0.15, 0.2) is 43.7 Å². The second-order valence-electron chi connectivity index (χ2n) is 21.1. The van der Waals surface area contributed by atoms with Crippen LogP contribution in [0.4, 0.5) is 0 Å². The molecule has 5 aliphatic heterocycles. The van der Waals surface area contributed by atoms with Crippen molar-refractivity contribution in [1.82, 2.24) is 0 Å². The molecule has 8 unspecified atom stereocenters. The van der Waals surface area contributed by atoms with Crippen LogP contribution in [0, 0.1) is 5.41 Å². The van der Waals surface area contributed by atoms with Gasteiger partial charge in [0.2, 0.25) is 0 Å². The fraction of sp³-hybridized carbons (Fsp3) is 0.737. The van der Waals surface area contributed by atoms with E-state index in [0.717, 1.165) is 81.8 Å². The van der Waals surface area contributed by atoms with Crippen molar-refractivity contribution in [2.75, 3.05) is 39.6 Å². The molecule has 0 bridgehead atoms. The molecule has 0 amide bonds. The van der Waals surface area contributed by atoms with Crippen LogP contribution in [0.2, 0.25) is 0 Å². The van der Waals surface area contributed by atoms with Crippen molar-refractivity contribution in [3.8, 4) is 0 Å². The van der Waals surface area contributed by atoms with Crippen LogP contribution in [-0.2, 0) is 71.1 Å². The molecule has 0 spiro atoms. The number of nitrogens with zero attached hydrogens (tertiary/aromatic N) is 3. The Bertz CT molecular complexity index is 2030.